The molecule has 13 rings (SSSR count). The highest BCUT2D eigenvalue weighted by atomic mass is 15.4. The highest BCUT2D eigenvalue weighted by Gasteiger charge is 2.36. The van der Waals surface area contributed by atoms with Crippen molar-refractivity contribution in [1.82, 2.24) is 18.9 Å². The summed E-state index contributed by atoms with van der Waals surface area (Å²) in [6, 6.07) is 99.4. The number of hydrogen-bond donors (Lipinski definition) is 2. The predicted octanol–water partition coefficient (Wildman–Crippen LogP) is 17.7. The zero-order chi connectivity index (χ0) is 50.3. The van der Waals surface area contributed by atoms with Crippen LogP contribution in [0.3, 0.4) is 0 Å². The molecule has 0 fully saturated rings. The van der Waals surface area contributed by atoms with Crippen molar-refractivity contribution in [1.29, 1.82) is 0 Å². The van der Waals surface area contributed by atoms with Gasteiger partial charge in [0.15, 0.2) is 6.17 Å². The number of nitrogens with one attached hydrogen (secondary N) is 2. The molecule has 11 aromatic carbocycles. The quantitative estimate of drug-likeness (QED) is 0.0892. The fraction of sp³-hybridized carbons (Fsp3) is 0.0571. The molecule has 2 heterocycles. The zero-order valence-electron chi connectivity index (χ0n) is 42.1. The van der Waals surface area contributed by atoms with Crippen LogP contribution in [0, 0.1) is 0 Å². The van der Waals surface area contributed by atoms with Crippen LogP contribution in [-0.4, -0.2) is 23.2 Å². The lowest BCUT2D eigenvalue weighted by Crippen LogP contribution is -2.52. The Morgan fingerprint density at radius 2 is 1.03 bits per heavy atom. The summed E-state index contributed by atoms with van der Waals surface area (Å²) in [5.41, 5.74) is 19.7. The van der Waals surface area contributed by atoms with Crippen LogP contribution in [0.4, 0.5) is 17.1 Å². The van der Waals surface area contributed by atoms with E-state index < -0.39 is 0 Å². The largest absolute Gasteiger partial charge is 0.355 e. The third-order valence-electron chi connectivity index (χ3n) is 15.3. The van der Waals surface area contributed by atoms with Gasteiger partial charge in [-0.2, -0.15) is 0 Å². The van der Waals surface area contributed by atoms with Gasteiger partial charge in [-0.1, -0.05) is 200 Å². The number of hydrogen-bond acceptors (Lipinski definition) is 2. The molecule has 360 valence electrons. The minimum Gasteiger partial charge on any atom is -0.355 e. The van der Waals surface area contributed by atoms with Gasteiger partial charge in [0.05, 0.1) is 34.8 Å². The number of quaternary nitrogens is 1. The summed E-state index contributed by atoms with van der Waals surface area (Å²) in [7, 11) is 4.44. The SMILES string of the molecule is CNC(c1ccccc1)[N+](C)(Cc1ccccc1)c1ccc(-n2c3ccccc3c3ccc4c(c5ccccc5n4-c4cc(-c5ccccc5)ccc4-c4cccc(-c5ccccc5Nc5ccccc5)c4)c32)cc1. The number of benzene rings is 11. The maximum absolute atomic E-state index is 3.73. The summed E-state index contributed by atoms with van der Waals surface area (Å²) in [4.78, 5) is 0. The molecule has 5 heteroatoms. The number of para-hydroxylation sites is 4. The summed E-state index contributed by atoms with van der Waals surface area (Å²) in [5.74, 6) is 0. The Kier molecular flexibility index (Phi) is 11.7. The highest BCUT2D eigenvalue weighted by Crippen LogP contribution is 2.45. The van der Waals surface area contributed by atoms with Crippen LogP contribution in [0.5, 0.6) is 0 Å². The van der Waals surface area contributed by atoms with E-state index >= 15 is 0 Å². The third-order valence-corrected chi connectivity index (χ3v) is 15.3. The molecular weight excluding hydrogens is 911 g/mol. The second-order valence-corrected chi connectivity index (χ2v) is 19.8. The maximum atomic E-state index is 3.73. The van der Waals surface area contributed by atoms with Crippen molar-refractivity contribution >= 4 is 60.7 Å². The van der Waals surface area contributed by atoms with Gasteiger partial charge in [-0.25, -0.2) is 0 Å². The zero-order valence-corrected chi connectivity index (χ0v) is 42.1. The first-order valence-corrected chi connectivity index (χ1v) is 25.9. The molecule has 0 aliphatic heterocycles. The minimum absolute atomic E-state index is 0.0106. The Labute approximate surface area is 438 Å². The molecular formula is C70H56N5+. The number of fused-ring (bicyclic) bond motifs is 7. The van der Waals surface area contributed by atoms with Crippen LogP contribution in [0.1, 0.15) is 17.3 Å². The molecule has 5 nitrogen and oxygen atoms in total. The molecule has 0 bridgehead atoms. The van der Waals surface area contributed by atoms with Gasteiger partial charge in [0.2, 0.25) is 0 Å². The Bertz CT molecular complexity index is 4160. The first kappa shape index (κ1) is 45.6. The van der Waals surface area contributed by atoms with E-state index in [4.69, 9.17) is 0 Å². The molecule has 0 saturated heterocycles. The average molecular weight is 967 g/mol. The second kappa shape index (κ2) is 19.3. The van der Waals surface area contributed by atoms with E-state index in [1.54, 1.807) is 0 Å². The van der Waals surface area contributed by atoms with Crippen LogP contribution in [0.25, 0.3) is 88.4 Å². The molecule has 0 aliphatic rings. The van der Waals surface area contributed by atoms with E-state index in [2.05, 4.69) is 301 Å². The summed E-state index contributed by atoms with van der Waals surface area (Å²) in [6.45, 7) is 0.812. The summed E-state index contributed by atoms with van der Waals surface area (Å²) in [6.07, 6.45) is 0.0106. The summed E-state index contributed by atoms with van der Waals surface area (Å²) < 4.78 is 5.66. The van der Waals surface area contributed by atoms with Crippen molar-refractivity contribution < 1.29 is 0 Å². The second-order valence-electron chi connectivity index (χ2n) is 19.8. The van der Waals surface area contributed by atoms with Crippen LogP contribution in [0.2, 0.25) is 0 Å². The number of aromatic nitrogens is 2. The van der Waals surface area contributed by atoms with Crippen LogP contribution in [-0.2, 0) is 6.54 Å². The molecule has 0 amide bonds. The fourth-order valence-electron chi connectivity index (χ4n) is 11.8. The molecule has 2 atom stereocenters. The van der Waals surface area contributed by atoms with Crippen molar-refractivity contribution in [3.05, 3.63) is 284 Å². The molecule has 0 saturated carbocycles. The molecule has 2 N–H and O–H groups in total. The van der Waals surface area contributed by atoms with Crippen molar-refractivity contribution in [2.24, 2.45) is 0 Å². The summed E-state index contributed by atoms with van der Waals surface area (Å²) in [5, 5.41) is 12.3. The smallest absolute Gasteiger partial charge is 0.173 e. The van der Waals surface area contributed by atoms with E-state index in [0.29, 0.717) is 4.48 Å². The monoisotopic (exact) mass is 966 g/mol. The van der Waals surface area contributed by atoms with E-state index in [-0.39, 0.29) is 6.17 Å². The number of anilines is 2. The Hall–Kier alpha value is -9.26. The molecule has 2 unspecified atom stereocenters. The molecule has 2 aromatic heterocycles. The molecule has 75 heavy (non-hydrogen) atoms. The molecule has 13 aromatic rings. The molecule has 0 radical (unpaired) electrons. The van der Waals surface area contributed by atoms with Gasteiger partial charge in [-0.05, 0) is 90.0 Å². The van der Waals surface area contributed by atoms with Crippen LogP contribution in [0.15, 0.2) is 273 Å². The topological polar surface area (TPSA) is 33.9 Å². The lowest BCUT2D eigenvalue weighted by molar-refractivity contribution is 0.209. The van der Waals surface area contributed by atoms with Crippen LogP contribution >= 0.6 is 0 Å². The van der Waals surface area contributed by atoms with Gasteiger partial charge in [-0.3, -0.25) is 9.80 Å². The van der Waals surface area contributed by atoms with Crippen molar-refractivity contribution in [3.8, 4) is 44.8 Å². The Balaban J connectivity index is 1.01. The summed E-state index contributed by atoms with van der Waals surface area (Å²) >= 11 is 0. The first-order chi connectivity index (χ1) is 37.0. The Morgan fingerprint density at radius 1 is 0.427 bits per heavy atom. The van der Waals surface area contributed by atoms with Gasteiger partial charge in [0, 0.05) is 73.0 Å². The predicted molar refractivity (Wildman–Crippen MR) is 317 cm³/mol. The number of nitrogens with zero attached hydrogens (tertiary/aromatic N) is 3. The van der Waals surface area contributed by atoms with E-state index in [0.717, 1.165) is 68.1 Å². The maximum Gasteiger partial charge on any atom is 0.173 e. The third kappa shape index (κ3) is 8.16. The van der Waals surface area contributed by atoms with Gasteiger partial charge >= 0.3 is 0 Å². The molecule has 0 spiro atoms. The lowest BCUT2D eigenvalue weighted by atomic mass is 9.94. The normalized spacial score (nSPS) is 12.8. The fourth-order valence-corrected chi connectivity index (χ4v) is 11.8. The van der Waals surface area contributed by atoms with Gasteiger partial charge in [-0.15, -0.1) is 0 Å². The minimum atomic E-state index is 0.0106. The lowest BCUT2D eigenvalue weighted by Gasteiger charge is -2.41. The Morgan fingerprint density at radius 3 is 1.76 bits per heavy atom. The highest BCUT2D eigenvalue weighted by molar-refractivity contribution is 6.26. The van der Waals surface area contributed by atoms with Crippen molar-refractivity contribution in [3.63, 3.8) is 0 Å². The van der Waals surface area contributed by atoms with Gasteiger partial charge < -0.3 is 14.5 Å². The van der Waals surface area contributed by atoms with E-state index in [1.165, 1.54) is 55.0 Å². The standard InChI is InChI=1S/C70H56N5/c1-71-70(51-26-11-5-12-27-51)75(2,48-49-22-7-3-8-23-49)57-41-39-56(40-42-57)73-64-36-19-16-33-60(64)61-44-45-66-68(69(61)73)62-34-17-20-37-65(62)74(66)67-47-52(50-24-9-4-10-25-50)38-43-59(67)54-29-21-28-53(46-54)58-32-15-18-35-63(58)72-55-30-13-6-14-31-55/h3-47,70-72H,48H2,1-2H3/q+1. The number of rotatable bonds is 13. The first-order valence-electron chi connectivity index (χ1n) is 25.9. The van der Waals surface area contributed by atoms with Gasteiger partial charge in [0.25, 0.3) is 0 Å². The van der Waals surface area contributed by atoms with E-state index in [1.807, 2.05) is 6.07 Å². The van der Waals surface area contributed by atoms with Gasteiger partial charge in [0.1, 0.15) is 12.2 Å². The molecule has 0 aliphatic carbocycles. The van der Waals surface area contributed by atoms with Crippen molar-refractivity contribution in [2.75, 3.05) is 19.4 Å². The van der Waals surface area contributed by atoms with Crippen LogP contribution < -0.4 is 15.1 Å². The van der Waals surface area contributed by atoms with E-state index in [9.17, 15) is 0 Å². The average Bonchev–Trinajstić information content (AvgIpc) is 4.02. The van der Waals surface area contributed by atoms with Crippen molar-refractivity contribution in [2.45, 2.75) is 12.7 Å².